The van der Waals surface area contributed by atoms with Crippen molar-refractivity contribution in [1.82, 2.24) is 25.0 Å². The third kappa shape index (κ3) is 6.95. The number of esters is 3. The van der Waals surface area contributed by atoms with Crippen LogP contribution in [0.2, 0.25) is 0 Å². The van der Waals surface area contributed by atoms with E-state index in [9.17, 15) is 14.4 Å². The number of aryl methyl sites for hydroxylation is 1. The zero-order chi connectivity index (χ0) is 27.4. The largest absolute Gasteiger partial charge is 0.463 e. The van der Waals surface area contributed by atoms with E-state index in [1.807, 2.05) is 18.4 Å². The van der Waals surface area contributed by atoms with Gasteiger partial charge in [-0.1, -0.05) is 17.0 Å². The van der Waals surface area contributed by atoms with Gasteiger partial charge in [-0.15, -0.1) is 16.4 Å². The van der Waals surface area contributed by atoms with Crippen LogP contribution in [0, 0.1) is 6.92 Å². The summed E-state index contributed by atoms with van der Waals surface area (Å²) in [7, 11) is 0. The first-order valence-corrected chi connectivity index (χ1v) is 13.9. The van der Waals surface area contributed by atoms with Gasteiger partial charge >= 0.3 is 17.9 Å². The zero-order valence-corrected chi connectivity index (χ0v) is 24.0. The maximum Gasteiger partial charge on any atom is 0.303 e. The van der Waals surface area contributed by atoms with Crippen molar-refractivity contribution in [2.24, 2.45) is 0 Å². The molecule has 2 unspecified atom stereocenters. The van der Waals surface area contributed by atoms with Crippen LogP contribution in [0.5, 0.6) is 0 Å². The van der Waals surface area contributed by atoms with Crippen LogP contribution in [0.1, 0.15) is 31.8 Å². The van der Waals surface area contributed by atoms with E-state index in [4.69, 9.17) is 18.9 Å². The molecule has 0 bridgehead atoms. The minimum atomic E-state index is -1.04. The molecule has 0 spiro atoms. The number of nitrogens with zero attached hydrogens (tertiary/aromatic N) is 5. The molecule has 0 N–H and O–H groups in total. The first-order valence-electron chi connectivity index (χ1n) is 11.4. The molecule has 12 nitrogen and oxygen atoms in total. The molecule has 0 radical (unpaired) electrons. The molecule has 38 heavy (non-hydrogen) atoms. The highest BCUT2D eigenvalue weighted by Crippen LogP contribution is 2.41. The summed E-state index contributed by atoms with van der Waals surface area (Å²) in [6.07, 6.45) is 1.97. The smallest absolute Gasteiger partial charge is 0.303 e. The van der Waals surface area contributed by atoms with E-state index in [2.05, 4.69) is 36.2 Å². The summed E-state index contributed by atoms with van der Waals surface area (Å²) in [5.74, 6) is -1.70. The van der Waals surface area contributed by atoms with Crippen molar-refractivity contribution in [1.29, 1.82) is 0 Å². The van der Waals surface area contributed by atoms with Crippen LogP contribution in [-0.4, -0.2) is 73.2 Å². The average Bonchev–Trinajstić information content (AvgIpc) is 3.48. The molecule has 4 rings (SSSR count). The van der Waals surface area contributed by atoms with Crippen LogP contribution in [0.4, 0.5) is 0 Å². The molecule has 0 aliphatic carbocycles. The number of pyridine rings is 1. The second kappa shape index (κ2) is 12.3. The van der Waals surface area contributed by atoms with E-state index < -0.39 is 47.7 Å². The van der Waals surface area contributed by atoms with Gasteiger partial charge in [0.15, 0.2) is 12.2 Å². The van der Waals surface area contributed by atoms with Gasteiger partial charge in [0.1, 0.15) is 35.6 Å². The van der Waals surface area contributed by atoms with Gasteiger partial charge in [-0.05, 0) is 28.9 Å². The molecule has 1 aliphatic heterocycles. The van der Waals surface area contributed by atoms with Gasteiger partial charge in [0, 0.05) is 47.9 Å². The number of ether oxygens (including phenoxy) is 4. The zero-order valence-electron chi connectivity index (χ0n) is 20.8. The van der Waals surface area contributed by atoms with Crippen molar-refractivity contribution < 1.29 is 33.3 Å². The van der Waals surface area contributed by atoms with Crippen molar-refractivity contribution in [2.45, 2.75) is 62.4 Å². The molecular weight excluding hydrogens is 602 g/mol. The molecular formula is C23H24BrN5O7S2. The molecule has 3 aromatic heterocycles. The Balaban J connectivity index is 1.79. The summed E-state index contributed by atoms with van der Waals surface area (Å²) in [6.45, 7) is 5.46. The lowest BCUT2D eigenvalue weighted by atomic mass is 9.96. The molecule has 5 atom stereocenters. The second-order valence-electron chi connectivity index (χ2n) is 8.28. The average molecular weight is 627 g/mol. The molecule has 1 saturated heterocycles. The normalized spacial score (nSPS) is 23.0. The number of rotatable bonds is 8. The van der Waals surface area contributed by atoms with Gasteiger partial charge in [0.25, 0.3) is 0 Å². The van der Waals surface area contributed by atoms with Crippen LogP contribution in [-0.2, 0) is 33.3 Å². The van der Waals surface area contributed by atoms with Gasteiger partial charge in [-0.25, -0.2) is 9.67 Å². The molecule has 15 heteroatoms. The first kappa shape index (κ1) is 28.1. The number of thiazole rings is 1. The number of halogens is 1. The van der Waals surface area contributed by atoms with E-state index >= 15 is 0 Å². The molecule has 0 amide bonds. The highest BCUT2D eigenvalue weighted by Gasteiger charge is 2.52. The fourth-order valence-electron chi connectivity index (χ4n) is 3.89. The van der Waals surface area contributed by atoms with Gasteiger partial charge in [0.2, 0.25) is 0 Å². The number of aromatic nitrogens is 5. The molecule has 3 aromatic rings. The quantitative estimate of drug-likeness (QED) is 0.267. The third-order valence-corrected chi connectivity index (χ3v) is 7.62. The predicted octanol–water partition coefficient (Wildman–Crippen LogP) is 3.35. The summed E-state index contributed by atoms with van der Waals surface area (Å²) in [4.78, 5) is 45.4. The lowest BCUT2D eigenvalue weighted by Crippen LogP contribution is -2.57. The fourth-order valence-corrected chi connectivity index (χ4v) is 6.15. The van der Waals surface area contributed by atoms with Crippen molar-refractivity contribution in [3.05, 3.63) is 39.5 Å². The second-order valence-corrected chi connectivity index (χ2v) is 11.4. The van der Waals surface area contributed by atoms with E-state index in [1.165, 1.54) is 48.6 Å². The molecule has 1 aliphatic rings. The Bertz CT molecular complexity index is 1320. The summed E-state index contributed by atoms with van der Waals surface area (Å²) in [5.41, 5.74) is 0.295. The first-order chi connectivity index (χ1) is 18.1. The van der Waals surface area contributed by atoms with E-state index in [0.717, 1.165) is 14.4 Å². The predicted molar refractivity (Wildman–Crippen MR) is 139 cm³/mol. The summed E-state index contributed by atoms with van der Waals surface area (Å²) in [5, 5.41) is 11.2. The summed E-state index contributed by atoms with van der Waals surface area (Å²) < 4.78 is 25.2. The third-order valence-electron chi connectivity index (χ3n) is 5.30. The Morgan fingerprint density at radius 1 is 1.11 bits per heavy atom. The standard InChI is InChI=1S/C23H24BrN5O7S2/c1-11-26-18(10-37-11)17-8-29(28-27-17)20-21(34-13(3)31)19(9-33-12(2)30)36-23(22(20)35-14(4)32)38-16-5-15(24)6-25-7-16/h5-8,10,19-23H,9H2,1-4H3/t19?,20-,21-,22?,23+/m0/s1. The van der Waals surface area contributed by atoms with Crippen LogP contribution >= 0.6 is 39.0 Å². The number of thioether (sulfide) groups is 1. The Hall–Kier alpha value is -2.88. The van der Waals surface area contributed by atoms with Gasteiger partial charge < -0.3 is 18.9 Å². The SMILES string of the molecule is CC(=O)OCC1O[C@H](Sc2cncc(Br)c2)C(OC(C)=O)[C@@H](n2cc(-c3csc(C)n3)nn2)[C@H]1OC(C)=O. The lowest BCUT2D eigenvalue weighted by Gasteiger charge is -2.44. The number of hydrogen-bond acceptors (Lipinski definition) is 13. The molecule has 0 aromatic carbocycles. The lowest BCUT2D eigenvalue weighted by molar-refractivity contribution is -0.212. The van der Waals surface area contributed by atoms with E-state index in [0.29, 0.717) is 11.4 Å². The molecule has 4 heterocycles. The van der Waals surface area contributed by atoms with Crippen molar-refractivity contribution in [2.75, 3.05) is 6.61 Å². The minimum Gasteiger partial charge on any atom is -0.463 e. The number of carbonyl (C=O) groups excluding carboxylic acids is 3. The fraction of sp³-hybridized carbons (Fsp3) is 0.435. The van der Waals surface area contributed by atoms with Gasteiger partial charge in [0.05, 0.1) is 11.2 Å². The van der Waals surface area contributed by atoms with Crippen LogP contribution in [0.15, 0.2) is 39.4 Å². The van der Waals surface area contributed by atoms with Crippen molar-refractivity contribution in [3.8, 4) is 11.4 Å². The Morgan fingerprint density at radius 2 is 1.84 bits per heavy atom. The van der Waals surface area contributed by atoms with Gasteiger partial charge in [-0.3, -0.25) is 19.4 Å². The molecule has 1 fully saturated rings. The molecule has 0 saturated carbocycles. The van der Waals surface area contributed by atoms with Crippen LogP contribution in [0.25, 0.3) is 11.4 Å². The maximum absolute atomic E-state index is 12.3. The highest BCUT2D eigenvalue weighted by molar-refractivity contribution is 9.10. The highest BCUT2D eigenvalue weighted by atomic mass is 79.9. The minimum absolute atomic E-state index is 0.211. The summed E-state index contributed by atoms with van der Waals surface area (Å²) in [6, 6.07) is 0.953. The Kier molecular flexibility index (Phi) is 9.12. The topological polar surface area (TPSA) is 145 Å². The van der Waals surface area contributed by atoms with Crippen LogP contribution < -0.4 is 0 Å². The van der Waals surface area contributed by atoms with Crippen LogP contribution in [0.3, 0.4) is 0 Å². The van der Waals surface area contributed by atoms with Gasteiger partial charge in [-0.2, -0.15) is 0 Å². The van der Waals surface area contributed by atoms with E-state index in [-0.39, 0.29) is 6.61 Å². The Labute approximate surface area is 234 Å². The maximum atomic E-state index is 12.3. The monoisotopic (exact) mass is 625 g/mol. The van der Waals surface area contributed by atoms with E-state index in [1.54, 1.807) is 18.6 Å². The van der Waals surface area contributed by atoms with Crippen molar-refractivity contribution in [3.63, 3.8) is 0 Å². The Morgan fingerprint density at radius 3 is 2.47 bits per heavy atom. The van der Waals surface area contributed by atoms with Crippen molar-refractivity contribution >= 4 is 56.9 Å². The molecule has 202 valence electrons. The summed E-state index contributed by atoms with van der Waals surface area (Å²) >= 11 is 6.12. The number of hydrogen-bond donors (Lipinski definition) is 0. The number of carbonyl (C=O) groups is 3.